The number of aromatic nitrogens is 1. The Morgan fingerprint density at radius 3 is 2.64 bits per heavy atom. The fourth-order valence-electron chi connectivity index (χ4n) is 2.96. The topological polar surface area (TPSA) is 80.3 Å². The Balaban J connectivity index is 2.21. The molecule has 0 bridgehead atoms. The third-order valence-electron chi connectivity index (χ3n) is 4.30. The van der Waals surface area contributed by atoms with Gasteiger partial charge in [0.05, 0.1) is 18.4 Å². The number of pyridine rings is 1. The van der Waals surface area contributed by atoms with Gasteiger partial charge in [0.2, 0.25) is 0 Å². The molecule has 3 aromatic rings. The smallest absolute Gasteiger partial charge is 0.255 e. The molecule has 1 amide bonds. The Hall–Kier alpha value is -3.67. The molecule has 3 rings (SSSR count). The molecule has 0 spiro atoms. The molecular formula is C22H21N3O3. The number of ether oxygens (including phenoxy) is 1. The van der Waals surface area contributed by atoms with E-state index in [-0.39, 0.29) is 11.7 Å². The van der Waals surface area contributed by atoms with E-state index in [4.69, 9.17) is 4.74 Å². The minimum atomic E-state index is -0.292. The second-order valence-corrected chi connectivity index (χ2v) is 6.13. The Morgan fingerprint density at radius 2 is 1.93 bits per heavy atom. The van der Waals surface area contributed by atoms with E-state index < -0.39 is 0 Å². The maximum atomic E-state index is 12.7. The van der Waals surface area contributed by atoms with Crippen LogP contribution in [-0.2, 0) is 0 Å². The number of nitrogens with one attached hydrogen (secondary N) is 2. The summed E-state index contributed by atoms with van der Waals surface area (Å²) in [4.78, 5) is 29.1. The predicted octanol–water partition coefficient (Wildman–Crippen LogP) is 4.11. The molecule has 0 atom stereocenters. The number of nitrogens with zero attached hydrogens (tertiary/aromatic N) is 1. The largest absolute Gasteiger partial charge is 0.494 e. The number of carbonyl (C=O) groups excluding carboxylic acids is 2. The summed E-state index contributed by atoms with van der Waals surface area (Å²) in [6.07, 6.45) is 3.11. The Kier molecular flexibility index (Phi) is 5.69. The Morgan fingerprint density at radius 1 is 1.14 bits per heavy atom. The number of anilines is 2. The summed E-state index contributed by atoms with van der Waals surface area (Å²) in [5.41, 5.74) is 2.68. The number of fused-ring (bicyclic) bond motifs is 1. The first-order chi connectivity index (χ1) is 13.6. The van der Waals surface area contributed by atoms with Crippen LogP contribution in [0, 0.1) is 0 Å². The lowest BCUT2D eigenvalue weighted by Gasteiger charge is -2.17. The first-order valence-electron chi connectivity index (χ1n) is 8.78. The van der Waals surface area contributed by atoms with Crippen LogP contribution in [0.3, 0.4) is 0 Å². The number of carbonyl (C=O) groups is 2. The molecule has 6 nitrogen and oxygen atoms in total. The van der Waals surface area contributed by atoms with Gasteiger partial charge in [-0.05, 0) is 25.1 Å². The molecule has 0 fully saturated rings. The van der Waals surface area contributed by atoms with Crippen molar-refractivity contribution in [3.8, 4) is 5.75 Å². The van der Waals surface area contributed by atoms with Crippen LogP contribution < -0.4 is 15.4 Å². The minimum absolute atomic E-state index is 0.0725. The molecule has 0 radical (unpaired) electrons. The second kappa shape index (κ2) is 8.35. The summed E-state index contributed by atoms with van der Waals surface area (Å²) in [7, 11) is 1.57. The molecule has 0 saturated heterocycles. The number of benzene rings is 2. The first-order valence-corrected chi connectivity index (χ1v) is 8.78. The predicted molar refractivity (Wildman–Crippen MR) is 111 cm³/mol. The highest BCUT2D eigenvalue weighted by Crippen LogP contribution is 2.34. The molecule has 2 aromatic carbocycles. The van der Waals surface area contributed by atoms with E-state index in [9.17, 15) is 9.59 Å². The summed E-state index contributed by atoms with van der Waals surface area (Å²) < 4.78 is 5.40. The Bertz CT molecular complexity index is 1060. The molecule has 28 heavy (non-hydrogen) atoms. The van der Waals surface area contributed by atoms with Crippen LogP contribution >= 0.6 is 0 Å². The van der Waals surface area contributed by atoms with Crippen LogP contribution in [0.25, 0.3) is 10.9 Å². The van der Waals surface area contributed by atoms with Gasteiger partial charge in [0.25, 0.3) is 5.91 Å². The van der Waals surface area contributed by atoms with Gasteiger partial charge in [-0.2, -0.15) is 0 Å². The highest BCUT2D eigenvalue weighted by atomic mass is 16.5. The van der Waals surface area contributed by atoms with Crippen molar-refractivity contribution in [3.05, 3.63) is 72.4 Å². The number of Topliss-reactive ketones (excluding diaryl/α,β-unsaturated/α-hetero) is 1. The van der Waals surface area contributed by atoms with Crippen molar-refractivity contribution >= 4 is 34.0 Å². The third-order valence-corrected chi connectivity index (χ3v) is 4.30. The molecule has 0 aliphatic rings. The second-order valence-electron chi connectivity index (χ2n) is 6.13. The van der Waals surface area contributed by atoms with Crippen molar-refractivity contribution in [1.82, 2.24) is 10.3 Å². The van der Waals surface area contributed by atoms with Crippen LogP contribution in [0.2, 0.25) is 0 Å². The van der Waals surface area contributed by atoms with Crippen molar-refractivity contribution in [2.45, 2.75) is 6.92 Å². The maximum Gasteiger partial charge on any atom is 0.255 e. The van der Waals surface area contributed by atoms with Gasteiger partial charge in [0.1, 0.15) is 11.3 Å². The van der Waals surface area contributed by atoms with E-state index in [0.29, 0.717) is 45.7 Å². The lowest BCUT2D eigenvalue weighted by Crippen LogP contribution is -2.24. The molecule has 142 valence electrons. The van der Waals surface area contributed by atoms with E-state index in [2.05, 4.69) is 22.2 Å². The summed E-state index contributed by atoms with van der Waals surface area (Å²) in [6.45, 7) is 5.46. The molecule has 2 N–H and O–H groups in total. The highest BCUT2D eigenvalue weighted by Gasteiger charge is 2.18. The number of rotatable bonds is 7. The monoisotopic (exact) mass is 375 g/mol. The van der Waals surface area contributed by atoms with Gasteiger partial charge in [-0.25, -0.2) is 0 Å². The number of methoxy groups -OCH3 is 1. The lowest BCUT2D eigenvalue weighted by atomic mass is 10.1. The van der Waals surface area contributed by atoms with E-state index >= 15 is 0 Å². The van der Waals surface area contributed by atoms with Gasteiger partial charge >= 0.3 is 0 Å². The average Bonchev–Trinajstić information content (AvgIpc) is 2.71. The summed E-state index contributed by atoms with van der Waals surface area (Å²) in [6, 6.07) is 12.7. The standard InChI is InChI=1S/C22H21N3O3/c1-4-12-23-22(27)17-13-24-21-16(9-7-11-19(21)28-3)20(17)25-18-10-6-5-8-15(18)14(2)26/h4-11,13H,1,12H2,2-3H3,(H,23,27)(H,24,25). The number of amides is 1. The molecule has 6 heteroatoms. The van der Waals surface area contributed by atoms with E-state index in [1.54, 1.807) is 37.5 Å². The van der Waals surface area contributed by atoms with Crippen molar-refractivity contribution < 1.29 is 14.3 Å². The van der Waals surface area contributed by atoms with E-state index in [1.807, 2.05) is 18.2 Å². The van der Waals surface area contributed by atoms with Gasteiger partial charge in [-0.3, -0.25) is 14.6 Å². The molecular weight excluding hydrogens is 354 g/mol. The summed E-state index contributed by atoms with van der Waals surface area (Å²) >= 11 is 0. The van der Waals surface area contributed by atoms with Crippen LogP contribution in [0.1, 0.15) is 27.6 Å². The van der Waals surface area contributed by atoms with Gasteiger partial charge in [0.15, 0.2) is 5.78 Å². The first kappa shape index (κ1) is 19.1. The highest BCUT2D eigenvalue weighted by molar-refractivity contribution is 6.10. The Labute approximate surface area is 163 Å². The zero-order chi connectivity index (χ0) is 20.1. The van der Waals surface area contributed by atoms with Gasteiger partial charge in [-0.15, -0.1) is 6.58 Å². The molecule has 1 aromatic heterocycles. The van der Waals surface area contributed by atoms with Crippen molar-refractivity contribution in [3.63, 3.8) is 0 Å². The van der Waals surface area contributed by atoms with Crippen molar-refractivity contribution in [2.75, 3.05) is 19.0 Å². The van der Waals surface area contributed by atoms with Crippen molar-refractivity contribution in [1.29, 1.82) is 0 Å². The van der Waals surface area contributed by atoms with Crippen molar-refractivity contribution in [2.24, 2.45) is 0 Å². The quantitative estimate of drug-likeness (QED) is 0.480. The number of hydrogen-bond acceptors (Lipinski definition) is 5. The summed E-state index contributed by atoms with van der Waals surface area (Å²) in [5.74, 6) is 0.232. The zero-order valence-electron chi connectivity index (χ0n) is 15.8. The molecule has 1 heterocycles. The van der Waals surface area contributed by atoms with Crippen LogP contribution in [-0.4, -0.2) is 30.3 Å². The van der Waals surface area contributed by atoms with Crippen LogP contribution in [0.5, 0.6) is 5.75 Å². The minimum Gasteiger partial charge on any atom is -0.494 e. The van der Waals surface area contributed by atoms with E-state index in [1.165, 1.54) is 13.1 Å². The fourth-order valence-corrected chi connectivity index (χ4v) is 2.96. The molecule has 0 unspecified atom stereocenters. The van der Waals surface area contributed by atoms with Crippen LogP contribution in [0.4, 0.5) is 11.4 Å². The molecule has 0 saturated carbocycles. The SMILES string of the molecule is C=CCNC(=O)c1cnc2c(OC)cccc2c1Nc1ccccc1C(C)=O. The van der Waals surface area contributed by atoms with Crippen LogP contribution in [0.15, 0.2) is 61.3 Å². The fraction of sp³-hybridized carbons (Fsp3) is 0.136. The van der Waals surface area contributed by atoms with Gasteiger partial charge < -0.3 is 15.4 Å². The number of ketones is 1. The van der Waals surface area contributed by atoms with Gasteiger partial charge in [-0.1, -0.05) is 30.3 Å². The third kappa shape index (κ3) is 3.71. The molecule has 0 aliphatic carbocycles. The summed E-state index contributed by atoms with van der Waals surface area (Å²) in [5, 5.41) is 6.75. The van der Waals surface area contributed by atoms with Gasteiger partial charge in [0, 0.05) is 29.4 Å². The van der Waals surface area contributed by atoms with E-state index in [0.717, 1.165) is 0 Å². The lowest BCUT2D eigenvalue weighted by molar-refractivity contribution is 0.0957. The maximum absolute atomic E-state index is 12.7. The number of hydrogen-bond donors (Lipinski definition) is 2. The normalized spacial score (nSPS) is 10.4. The number of para-hydroxylation sites is 2. The molecule has 0 aliphatic heterocycles. The zero-order valence-corrected chi connectivity index (χ0v) is 15.8. The average molecular weight is 375 g/mol.